The number of hydrogen-bond donors (Lipinski definition) is 1. The number of anilines is 2. The number of thiazole rings is 1. The Hall–Kier alpha value is -1.39. The Morgan fingerprint density at radius 3 is 2.76 bits per heavy atom. The first kappa shape index (κ1) is 14.5. The van der Waals surface area contributed by atoms with Gasteiger partial charge in [0, 0.05) is 12.7 Å². The quantitative estimate of drug-likeness (QED) is 0.902. The van der Waals surface area contributed by atoms with Crippen LogP contribution in [0, 0.1) is 12.3 Å². The Kier molecular flexibility index (Phi) is 3.54. The Balaban J connectivity index is 1.97. The Morgan fingerprint density at radius 1 is 1.33 bits per heavy atom. The molecule has 1 aliphatic carbocycles. The van der Waals surface area contributed by atoms with Crippen molar-refractivity contribution in [1.29, 1.82) is 0 Å². The maximum absolute atomic E-state index is 10.4. The number of aliphatic hydroxyl groups is 1. The molecular weight excluding hydrogens is 280 g/mol. The summed E-state index contributed by atoms with van der Waals surface area (Å²) in [6.45, 7) is 6.50. The zero-order chi connectivity index (χ0) is 15.2. The summed E-state index contributed by atoms with van der Waals surface area (Å²) in [6, 6.07) is 8.31. The highest BCUT2D eigenvalue weighted by Crippen LogP contribution is 2.45. The van der Waals surface area contributed by atoms with E-state index in [-0.39, 0.29) is 11.5 Å². The van der Waals surface area contributed by atoms with E-state index in [1.165, 1.54) is 5.56 Å². The van der Waals surface area contributed by atoms with E-state index in [0.717, 1.165) is 34.2 Å². The van der Waals surface area contributed by atoms with Gasteiger partial charge in [-0.1, -0.05) is 43.4 Å². The molecule has 3 rings (SSSR count). The molecule has 0 spiro atoms. The molecule has 0 fully saturated rings. The first-order chi connectivity index (χ1) is 9.87. The second-order valence-corrected chi connectivity index (χ2v) is 7.72. The lowest BCUT2D eigenvalue weighted by Crippen LogP contribution is -2.24. The third-order valence-corrected chi connectivity index (χ3v) is 5.45. The Labute approximate surface area is 130 Å². The molecule has 112 valence electrons. The van der Waals surface area contributed by atoms with Crippen molar-refractivity contribution in [3.63, 3.8) is 0 Å². The van der Waals surface area contributed by atoms with Gasteiger partial charge in [-0.3, -0.25) is 0 Å². The predicted octanol–water partition coefficient (Wildman–Crippen LogP) is 4.23. The number of aliphatic hydroxyl groups excluding tert-OH is 1. The average molecular weight is 302 g/mol. The molecule has 0 aliphatic heterocycles. The SMILES string of the molecule is Cc1ccccc1N(C)c1nc2c(s1)C(O)CC(C)(C)C2. The molecule has 1 N–H and O–H groups in total. The Bertz CT molecular complexity index is 663. The smallest absolute Gasteiger partial charge is 0.190 e. The van der Waals surface area contributed by atoms with Crippen LogP contribution in [0.5, 0.6) is 0 Å². The van der Waals surface area contributed by atoms with Crippen LogP contribution in [0.4, 0.5) is 10.8 Å². The first-order valence-electron chi connectivity index (χ1n) is 7.34. The van der Waals surface area contributed by atoms with Crippen LogP contribution < -0.4 is 4.90 Å². The van der Waals surface area contributed by atoms with Crippen LogP contribution in [-0.2, 0) is 6.42 Å². The highest BCUT2D eigenvalue weighted by molar-refractivity contribution is 7.15. The number of rotatable bonds is 2. The lowest BCUT2D eigenvalue weighted by molar-refractivity contribution is 0.102. The van der Waals surface area contributed by atoms with Crippen LogP contribution in [0.3, 0.4) is 0 Å². The summed E-state index contributed by atoms with van der Waals surface area (Å²) in [5, 5.41) is 11.3. The number of nitrogens with zero attached hydrogens (tertiary/aromatic N) is 2. The number of fused-ring (bicyclic) bond motifs is 1. The molecule has 1 aromatic carbocycles. The fraction of sp³-hybridized carbons (Fsp3) is 0.471. The van der Waals surface area contributed by atoms with Gasteiger partial charge in [-0.15, -0.1) is 0 Å². The molecule has 0 radical (unpaired) electrons. The van der Waals surface area contributed by atoms with E-state index in [1.54, 1.807) is 11.3 Å². The van der Waals surface area contributed by atoms with Crippen molar-refractivity contribution in [2.45, 2.75) is 39.7 Å². The van der Waals surface area contributed by atoms with E-state index in [2.05, 4.69) is 37.8 Å². The van der Waals surface area contributed by atoms with Crippen molar-refractivity contribution in [3.8, 4) is 0 Å². The van der Waals surface area contributed by atoms with Crippen molar-refractivity contribution >= 4 is 22.2 Å². The zero-order valence-electron chi connectivity index (χ0n) is 13.1. The molecule has 1 atom stereocenters. The third-order valence-electron chi connectivity index (χ3n) is 4.17. The van der Waals surface area contributed by atoms with E-state index < -0.39 is 0 Å². The highest BCUT2D eigenvalue weighted by Gasteiger charge is 2.34. The predicted molar refractivity (Wildman–Crippen MR) is 88.4 cm³/mol. The van der Waals surface area contributed by atoms with E-state index in [9.17, 15) is 5.11 Å². The summed E-state index contributed by atoms with van der Waals surface area (Å²) < 4.78 is 0. The van der Waals surface area contributed by atoms with Crippen LogP contribution >= 0.6 is 11.3 Å². The number of aryl methyl sites for hydroxylation is 1. The minimum atomic E-state index is -0.375. The number of benzene rings is 1. The molecule has 21 heavy (non-hydrogen) atoms. The van der Waals surface area contributed by atoms with Crippen LogP contribution in [0.1, 0.15) is 42.5 Å². The minimum absolute atomic E-state index is 0.124. The fourth-order valence-electron chi connectivity index (χ4n) is 3.07. The van der Waals surface area contributed by atoms with Crippen molar-refractivity contribution in [3.05, 3.63) is 40.4 Å². The summed E-state index contributed by atoms with van der Waals surface area (Å²) in [4.78, 5) is 7.97. The second kappa shape index (κ2) is 5.11. The summed E-state index contributed by atoms with van der Waals surface area (Å²) in [5.74, 6) is 0. The number of para-hydroxylation sites is 1. The summed E-state index contributed by atoms with van der Waals surface area (Å²) in [5.41, 5.74) is 3.59. The van der Waals surface area contributed by atoms with Crippen LogP contribution in [0.25, 0.3) is 0 Å². The van der Waals surface area contributed by atoms with Gasteiger partial charge in [-0.25, -0.2) is 4.98 Å². The standard InChI is InChI=1S/C17H22N2OS/c1-11-7-5-6-8-13(11)19(4)16-18-12-9-17(2,3)10-14(20)15(12)21-16/h5-8,14,20H,9-10H2,1-4H3. The van der Waals surface area contributed by atoms with E-state index in [1.807, 2.05) is 19.2 Å². The van der Waals surface area contributed by atoms with Gasteiger partial charge in [0.05, 0.1) is 16.7 Å². The largest absolute Gasteiger partial charge is 0.387 e. The van der Waals surface area contributed by atoms with Crippen LogP contribution in [0.15, 0.2) is 24.3 Å². The second-order valence-electron chi connectivity index (χ2n) is 6.71. The molecular formula is C17H22N2OS. The van der Waals surface area contributed by atoms with Crippen LogP contribution in [-0.4, -0.2) is 17.1 Å². The van der Waals surface area contributed by atoms with Gasteiger partial charge in [0.25, 0.3) is 0 Å². The monoisotopic (exact) mass is 302 g/mol. The van der Waals surface area contributed by atoms with Gasteiger partial charge in [0.15, 0.2) is 5.13 Å². The van der Waals surface area contributed by atoms with Crippen molar-refractivity contribution < 1.29 is 5.11 Å². The Morgan fingerprint density at radius 2 is 2.05 bits per heavy atom. The van der Waals surface area contributed by atoms with Gasteiger partial charge in [-0.05, 0) is 36.8 Å². The van der Waals surface area contributed by atoms with Gasteiger partial charge in [0.1, 0.15) is 0 Å². The first-order valence-corrected chi connectivity index (χ1v) is 8.16. The lowest BCUT2D eigenvalue weighted by atomic mass is 9.77. The molecule has 1 aliphatic rings. The molecule has 1 unspecified atom stereocenters. The van der Waals surface area contributed by atoms with Crippen molar-refractivity contribution in [2.75, 3.05) is 11.9 Å². The molecule has 0 amide bonds. The third kappa shape index (κ3) is 2.70. The molecule has 2 aromatic rings. The molecule has 0 bridgehead atoms. The van der Waals surface area contributed by atoms with Crippen molar-refractivity contribution in [2.24, 2.45) is 5.41 Å². The minimum Gasteiger partial charge on any atom is -0.387 e. The van der Waals surface area contributed by atoms with E-state index in [4.69, 9.17) is 4.98 Å². The fourth-order valence-corrected chi connectivity index (χ4v) is 4.11. The van der Waals surface area contributed by atoms with Crippen molar-refractivity contribution in [1.82, 2.24) is 4.98 Å². The van der Waals surface area contributed by atoms with Gasteiger partial charge in [-0.2, -0.15) is 0 Å². The maximum atomic E-state index is 10.4. The zero-order valence-corrected chi connectivity index (χ0v) is 13.9. The topological polar surface area (TPSA) is 36.4 Å². The van der Waals surface area contributed by atoms with Gasteiger partial charge >= 0.3 is 0 Å². The maximum Gasteiger partial charge on any atom is 0.190 e. The summed E-state index contributed by atoms with van der Waals surface area (Å²) >= 11 is 1.62. The summed E-state index contributed by atoms with van der Waals surface area (Å²) in [6.07, 6.45) is 1.38. The van der Waals surface area contributed by atoms with Gasteiger partial charge < -0.3 is 10.0 Å². The average Bonchev–Trinajstić information content (AvgIpc) is 2.81. The molecule has 1 aromatic heterocycles. The van der Waals surface area contributed by atoms with Crippen LogP contribution in [0.2, 0.25) is 0 Å². The normalized spacial score (nSPS) is 20.1. The highest BCUT2D eigenvalue weighted by atomic mass is 32.1. The van der Waals surface area contributed by atoms with Gasteiger partial charge in [0.2, 0.25) is 0 Å². The van der Waals surface area contributed by atoms with E-state index >= 15 is 0 Å². The van der Waals surface area contributed by atoms with E-state index in [0.29, 0.717) is 0 Å². The summed E-state index contributed by atoms with van der Waals surface area (Å²) in [7, 11) is 2.05. The molecule has 0 saturated carbocycles. The molecule has 4 heteroatoms. The molecule has 3 nitrogen and oxygen atoms in total. The number of aromatic nitrogens is 1. The molecule has 0 saturated heterocycles. The molecule has 1 heterocycles. The number of hydrogen-bond acceptors (Lipinski definition) is 4. The lowest BCUT2D eigenvalue weighted by Gasteiger charge is -2.31.